The highest BCUT2D eigenvalue weighted by molar-refractivity contribution is 5.86. The van der Waals surface area contributed by atoms with Gasteiger partial charge < -0.3 is 9.64 Å². The molecule has 22 heavy (non-hydrogen) atoms. The van der Waals surface area contributed by atoms with Gasteiger partial charge in [0.05, 0.1) is 24.9 Å². The number of nitrogens with zero attached hydrogens (tertiary/aromatic N) is 3. The molecule has 116 valence electrons. The Kier molecular flexibility index (Phi) is 2.78. The van der Waals surface area contributed by atoms with Crippen molar-refractivity contribution >= 4 is 10.9 Å². The predicted molar refractivity (Wildman–Crippen MR) is 86.5 cm³/mol. The van der Waals surface area contributed by atoms with Gasteiger partial charge in [-0.2, -0.15) is 5.10 Å². The number of rotatable bonds is 3. The highest BCUT2D eigenvalue weighted by atomic mass is 16.5. The Labute approximate surface area is 131 Å². The molecule has 4 heterocycles. The van der Waals surface area contributed by atoms with Crippen LogP contribution < -0.4 is 4.74 Å². The SMILES string of the molecule is COc1ccc2c(cnn2[C@@H]2CN3CCC2CC3)c1C1CC1. The minimum absolute atomic E-state index is 0.556. The van der Waals surface area contributed by atoms with Gasteiger partial charge in [-0.05, 0) is 62.7 Å². The van der Waals surface area contributed by atoms with E-state index in [1.165, 1.54) is 61.8 Å². The van der Waals surface area contributed by atoms with Gasteiger partial charge in [0.25, 0.3) is 0 Å². The lowest BCUT2D eigenvalue weighted by atomic mass is 9.84. The zero-order valence-electron chi connectivity index (χ0n) is 13.2. The Morgan fingerprint density at radius 2 is 1.95 bits per heavy atom. The average Bonchev–Trinajstić information content (AvgIpc) is 3.33. The first-order valence-electron chi connectivity index (χ1n) is 8.61. The third-order valence-corrected chi connectivity index (χ3v) is 5.92. The van der Waals surface area contributed by atoms with Gasteiger partial charge in [-0.15, -0.1) is 0 Å². The Bertz CT molecular complexity index is 710. The van der Waals surface area contributed by atoms with Crippen molar-refractivity contribution in [2.45, 2.75) is 37.6 Å². The highest BCUT2D eigenvalue weighted by Gasteiger charge is 2.37. The number of benzene rings is 1. The number of hydrogen-bond donors (Lipinski definition) is 0. The number of aromatic nitrogens is 2. The first-order chi connectivity index (χ1) is 10.8. The van der Waals surface area contributed by atoms with Gasteiger partial charge in [0.15, 0.2) is 0 Å². The molecule has 1 aliphatic carbocycles. The molecule has 0 unspecified atom stereocenters. The second-order valence-electron chi connectivity index (χ2n) is 7.18. The van der Waals surface area contributed by atoms with Crippen LogP contribution in [0, 0.1) is 5.92 Å². The molecule has 0 spiro atoms. The predicted octanol–water partition coefficient (Wildman–Crippen LogP) is 3.19. The number of fused-ring (bicyclic) bond motifs is 4. The van der Waals surface area contributed by atoms with Crippen molar-refractivity contribution in [2.75, 3.05) is 26.7 Å². The van der Waals surface area contributed by atoms with Gasteiger partial charge in [0.2, 0.25) is 0 Å². The Morgan fingerprint density at radius 1 is 1.14 bits per heavy atom. The molecule has 0 N–H and O–H groups in total. The summed E-state index contributed by atoms with van der Waals surface area (Å²) in [6.45, 7) is 3.73. The summed E-state index contributed by atoms with van der Waals surface area (Å²) in [5, 5.41) is 6.14. The maximum Gasteiger partial charge on any atom is 0.123 e. The molecule has 1 atom stereocenters. The fourth-order valence-electron chi connectivity index (χ4n) is 4.57. The molecule has 0 amide bonds. The van der Waals surface area contributed by atoms with Crippen molar-refractivity contribution in [2.24, 2.45) is 5.92 Å². The van der Waals surface area contributed by atoms with Crippen molar-refractivity contribution in [3.05, 3.63) is 23.9 Å². The number of ether oxygens (including phenoxy) is 1. The van der Waals surface area contributed by atoms with Gasteiger partial charge in [-0.3, -0.25) is 4.68 Å². The largest absolute Gasteiger partial charge is 0.496 e. The maximum atomic E-state index is 5.61. The Hall–Kier alpha value is -1.55. The monoisotopic (exact) mass is 297 g/mol. The van der Waals surface area contributed by atoms with Crippen LogP contribution in [0.25, 0.3) is 10.9 Å². The lowest BCUT2D eigenvalue weighted by Gasteiger charge is -2.44. The summed E-state index contributed by atoms with van der Waals surface area (Å²) in [6, 6.07) is 4.92. The van der Waals surface area contributed by atoms with Crippen LogP contribution in [-0.2, 0) is 0 Å². The van der Waals surface area contributed by atoms with E-state index in [-0.39, 0.29) is 0 Å². The topological polar surface area (TPSA) is 30.3 Å². The summed E-state index contributed by atoms with van der Waals surface area (Å²) in [6.07, 6.45) is 7.33. The summed E-state index contributed by atoms with van der Waals surface area (Å²) in [4.78, 5) is 2.60. The summed E-state index contributed by atoms with van der Waals surface area (Å²) >= 11 is 0. The third-order valence-electron chi connectivity index (χ3n) is 5.92. The molecule has 3 aliphatic heterocycles. The third kappa shape index (κ3) is 1.83. The van der Waals surface area contributed by atoms with Crippen LogP contribution in [0.5, 0.6) is 5.75 Å². The fourth-order valence-corrected chi connectivity index (χ4v) is 4.57. The second-order valence-corrected chi connectivity index (χ2v) is 7.18. The van der Waals surface area contributed by atoms with E-state index in [9.17, 15) is 0 Å². The Morgan fingerprint density at radius 3 is 2.59 bits per heavy atom. The normalized spacial score (nSPS) is 30.9. The zero-order chi connectivity index (χ0) is 14.7. The summed E-state index contributed by atoms with van der Waals surface area (Å²) < 4.78 is 7.93. The second kappa shape index (κ2) is 4.72. The van der Waals surface area contributed by atoms with Crippen molar-refractivity contribution in [3.8, 4) is 5.75 Å². The van der Waals surface area contributed by atoms with Crippen LogP contribution in [-0.4, -0.2) is 41.4 Å². The molecule has 2 bridgehead atoms. The first-order valence-corrected chi connectivity index (χ1v) is 8.61. The molecule has 4 nitrogen and oxygen atoms in total. The van der Waals surface area contributed by atoms with Gasteiger partial charge in [-0.1, -0.05) is 0 Å². The molecule has 3 saturated heterocycles. The zero-order valence-corrected chi connectivity index (χ0v) is 13.2. The van der Waals surface area contributed by atoms with E-state index in [4.69, 9.17) is 9.84 Å². The van der Waals surface area contributed by atoms with E-state index in [0.29, 0.717) is 12.0 Å². The van der Waals surface area contributed by atoms with E-state index in [1.807, 2.05) is 0 Å². The molecule has 4 fully saturated rings. The minimum Gasteiger partial charge on any atom is -0.496 e. The smallest absolute Gasteiger partial charge is 0.123 e. The quantitative estimate of drug-likeness (QED) is 0.871. The number of methoxy groups -OCH3 is 1. The van der Waals surface area contributed by atoms with E-state index < -0.39 is 0 Å². The van der Waals surface area contributed by atoms with Crippen molar-refractivity contribution in [3.63, 3.8) is 0 Å². The van der Waals surface area contributed by atoms with Crippen molar-refractivity contribution < 1.29 is 4.74 Å². The lowest BCUT2D eigenvalue weighted by molar-refractivity contribution is 0.0534. The number of hydrogen-bond acceptors (Lipinski definition) is 3. The summed E-state index contributed by atoms with van der Waals surface area (Å²) in [7, 11) is 1.78. The molecule has 4 heteroatoms. The van der Waals surface area contributed by atoms with Crippen LogP contribution in [0.15, 0.2) is 18.3 Å². The molecule has 2 aromatic rings. The first kappa shape index (κ1) is 12.9. The molecule has 1 aromatic carbocycles. The molecule has 1 saturated carbocycles. The van der Waals surface area contributed by atoms with Crippen LogP contribution in [0.3, 0.4) is 0 Å². The van der Waals surface area contributed by atoms with Gasteiger partial charge in [-0.25, -0.2) is 0 Å². The molecule has 4 aliphatic rings. The van der Waals surface area contributed by atoms with Crippen LogP contribution >= 0.6 is 0 Å². The van der Waals surface area contributed by atoms with E-state index in [1.54, 1.807) is 7.11 Å². The van der Waals surface area contributed by atoms with Crippen molar-refractivity contribution in [1.29, 1.82) is 0 Å². The van der Waals surface area contributed by atoms with E-state index in [2.05, 4.69) is 27.9 Å². The molecular weight excluding hydrogens is 274 g/mol. The van der Waals surface area contributed by atoms with Gasteiger partial charge >= 0.3 is 0 Å². The molecular formula is C18H23N3O. The minimum atomic E-state index is 0.556. The molecule has 6 rings (SSSR count). The van der Waals surface area contributed by atoms with Gasteiger partial charge in [0, 0.05) is 17.5 Å². The molecule has 0 radical (unpaired) electrons. The maximum absolute atomic E-state index is 5.61. The lowest BCUT2D eigenvalue weighted by Crippen LogP contribution is -2.48. The van der Waals surface area contributed by atoms with E-state index >= 15 is 0 Å². The standard InChI is InChI=1S/C18H23N3O/c1-22-17-5-4-15-14(18(17)13-2-3-13)10-19-21(15)16-11-20-8-6-12(16)7-9-20/h4-5,10,12-13,16H,2-3,6-9,11H2,1H3/t16-/m1/s1. The van der Waals surface area contributed by atoms with Crippen LogP contribution in [0.2, 0.25) is 0 Å². The van der Waals surface area contributed by atoms with E-state index in [0.717, 1.165) is 11.7 Å². The summed E-state index contributed by atoms with van der Waals surface area (Å²) in [5.41, 5.74) is 2.70. The van der Waals surface area contributed by atoms with Crippen molar-refractivity contribution in [1.82, 2.24) is 14.7 Å². The number of piperidine rings is 3. The average molecular weight is 297 g/mol. The fraction of sp³-hybridized carbons (Fsp3) is 0.611. The highest BCUT2D eigenvalue weighted by Crippen LogP contribution is 2.48. The Balaban J connectivity index is 1.62. The van der Waals surface area contributed by atoms with Crippen LogP contribution in [0.4, 0.5) is 0 Å². The molecule has 1 aromatic heterocycles. The van der Waals surface area contributed by atoms with Gasteiger partial charge in [0.1, 0.15) is 5.75 Å². The summed E-state index contributed by atoms with van der Waals surface area (Å²) in [5.74, 6) is 2.53. The van der Waals surface area contributed by atoms with Crippen LogP contribution in [0.1, 0.15) is 43.2 Å².